The van der Waals surface area contributed by atoms with Gasteiger partial charge in [-0.3, -0.25) is 4.79 Å². The van der Waals surface area contributed by atoms with E-state index in [0.717, 1.165) is 53.0 Å². The van der Waals surface area contributed by atoms with Crippen molar-refractivity contribution < 1.29 is 14.7 Å². The zero-order valence-corrected chi connectivity index (χ0v) is 18.7. The van der Waals surface area contributed by atoms with Gasteiger partial charge in [0, 0.05) is 49.9 Å². The maximum atomic E-state index is 13.2. The lowest BCUT2D eigenvalue weighted by molar-refractivity contribution is 0.0692. The first-order valence-corrected chi connectivity index (χ1v) is 11.2. The van der Waals surface area contributed by atoms with E-state index < -0.39 is 6.09 Å². The molecule has 1 aromatic carbocycles. The van der Waals surface area contributed by atoms with Crippen molar-refractivity contribution in [2.75, 3.05) is 13.1 Å². The van der Waals surface area contributed by atoms with E-state index in [9.17, 15) is 9.59 Å². The molecular weight excluding hydrogens is 420 g/mol. The van der Waals surface area contributed by atoms with Gasteiger partial charge in [-0.25, -0.2) is 14.8 Å². The number of piperidine rings is 1. The van der Waals surface area contributed by atoms with E-state index in [2.05, 4.69) is 27.9 Å². The zero-order valence-electron chi connectivity index (χ0n) is 18.7. The molecule has 1 unspecified atom stereocenters. The number of hydrogen-bond donors (Lipinski definition) is 2. The molecule has 1 atom stereocenters. The first kappa shape index (κ1) is 21.0. The Kier molecular flexibility index (Phi) is 5.24. The van der Waals surface area contributed by atoms with Crippen LogP contribution < -0.4 is 5.32 Å². The van der Waals surface area contributed by atoms with Gasteiger partial charge in [-0.05, 0) is 56.2 Å². The third-order valence-corrected chi connectivity index (χ3v) is 6.36. The van der Waals surface area contributed by atoms with Crippen LogP contribution in [0.1, 0.15) is 30.1 Å². The van der Waals surface area contributed by atoms with E-state index in [4.69, 9.17) is 10.1 Å². The Balaban J connectivity index is 1.49. The molecule has 2 amide bonds. The lowest BCUT2D eigenvalue weighted by atomic mass is 10.0. The number of nitrogens with one attached hydrogen (secondary N) is 1. The summed E-state index contributed by atoms with van der Waals surface area (Å²) in [5.74, 6) is 0.714. The van der Waals surface area contributed by atoms with Gasteiger partial charge in [0.05, 0.1) is 16.7 Å². The summed E-state index contributed by atoms with van der Waals surface area (Å²) < 4.78 is 4.18. The summed E-state index contributed by atoms with van der Waals surface area (Å²) in [6.45, 7) is 3.84. The van der Waals surface area contributed by atoms with Gasteiger partial charge in [0.25, 0.3) is 5.91 Å². The van der Waals surface area contributed by atoms with Crippen molar-refractivity contribution in [1.82, 2.24) is 29.3 Å². The van der Waals surface area contributed by atoms with E-state index in [0.29, 0.717) is 18.7 Å². The van der Waals surface area contributed by atoms with Gasteiger partial charge in [-0.15, -0.1) is 0 Å². The molecule has 4 aromatic rings. The van der Waals surface area contributed by atoms with Gasteiger partial charge in [0.1, 0.15) is 5.65 Å². The molecule has 9 heteroatoms. The molecule has 3 aromatic heterocycles. The summed E-state index contributed by atoms with van der Waals surface area (Å²) in [7, 11) is 1.98. The third kappa shape index (κ3) is 3.69. The molecule has 170 valence electrons. The summed E-state index contributed by atoms with van der Waals surface area (Å²) in [4.78, 5) is 35.3. The Morgan fingerprint density at radius 3 is 2.88 bits per heavy atom. The number of nitrogens with zero attached hydrogens (tertiary/aromatic N) is 5. The van der Waals surface area contributed by atoms with Crippen LogP contribution in [0, 0.1) is 0 Å². The van der Waals surface area contributed by atoms with Crippen molar-refractivity contribution in [3.8, 4) is 11.5 Å². The summed E-state index contributed by atoms with van der Waals surface area (Å²) in [5.41, 5.74) is 4.15. The second kappa shape index (κ2) is 8.23. The molecule has 0 spiro atoms. The minimum absolute atomic E-state index is 0.104. The highest BCUT2D eigenvalue weighted by Gasteiger charge is 2.26. The molecule has 9 nitrogen and oxygen atoms in total. The number of benzene rings is 1. The molecule has 1 aliphatic heterocycles. The lowest BCUT2D eigenvalue weighted by Gasteiger charge is -2.32. The molecule has 1 aliphatic rings. The number of aryl methyl sites for hydroxylation is 2. The molecular formula is C24H26N6O3. The Morgan fingerprint density at radius 1 is 1.24 bits per heavy atom. The van der Waals surface area contributed by atoms with E-state index in [-0.39, 0.29) is 11.9 Å². The molecule has 1 fully saturated rings. The number of rotatable bonds is 4. The highest BCUT2D eigenvalue weighted by atomic mass is 16.4. The van der Waals surface area contributed by atoms with Crippen LogP contribution in [0.5, 0.6) is 0 Å². The number of pyridine rings is 1. The molecule has 0 saturated carbocycles. The molecule has 2 N–H and O–H groups in total. The second-order valence-corrected chi connectivity index (χ2v) is 8.43. The molecule has 0 bridgehead atoms. The maximum Gasteiger partial charge on any atom is 0.404 e. The fourth-order valence-electron chi connectivity index (χ4n) is 4.79. The average molecular weight is 447 g/mol. The number of hydrogen-bond acceptors (Lipinski definition) is 4. The minimum Gasteiger partial charge on any atom is -0.465 e. The highest BCUT2D eigenvalue weighted by molar-refractivity contribution is 5.98. The van der Waals surface area contributed by atoms with Crippen molar-refractivity contribution in [3.63, 3.8) is 0 Å². The van der Waals surface area contributed by atoms with Crippen molar-refractivity contribution in [1.29, 1.82) is 0 Å². The average Bonchev–Trinajstić information content (AvgIpc) is 3.35. The van der Waals surface area contributed by atoms with Crippen LogP contribution in [0.15, 0.2) is 42.6 Å². The summed E-state index contributed by atoms with van der Waals surface area (Å²) in [6.07, 6.45) is 2.24. The van der Waals surface area contributed by atoms with Crippen LogP contribution in [0.2, 0.25) is 0 Å². The number of carboxylic acid groups (broad SMARTS) is 1. The highest BCUT2D eigenvalue weighted by Crippen LogP contribution is 2.29. The smallest absolute Gasteiger partial charge is 0.404 e. The topological polar surface area (TPSA) is 105 Å². The minimum atomic E-state index is -1.06. The molecule has 1 saturated heterocycles. The second-order valence-electron chi connectivity index (χ2n) is 8.43. The zero-order chi connectivity index (χ0) is 23.1. The number of aromatic nitrogens is 4. The quantitative estimate of drug-likeness (QED) is 0.499. The first-order chi connectivity index (χ1) is 16.0. The number of carbonyl (C=O) groups excluding carboxylic acids is 1. The van der Waals surface area contributed by atoms with Gasteiger partial charge in [-0.2, -0.15) is 0 Å². The largest absolute Gasteiger partial charge is 0.465 e. The predicted molar refractivity (Wildman–Crippen MR) is 125 cm³/mol. The summed E-state index contributed by atoms with van der Waals surface area (Å²) >= 11 is 0. The van der Waals surface area contributed by atoms with Gasteiger partial charge in [0.15, 0.2) is 5.82 Å². The molecule has 4 heterocycles. The van der Waals surface area contributed by atoms with Crippen molar-refractivity contribution in [3.05, 3.63) is 48.2 Å². The van der Waals surface area contributed by atoms with Crippen LogP contribution >= 0.6 is 0 Å². The fraction of sp³-hybridized carbons (Fsp3) is 0.333. The van der Waals surface area contributed by atoms with Gasteiger partial charge in [-0.1, -0.05) is 0 Å². The fourth-order valence-corrected chi connectivity index (χ4v) is 4.79. The van der Waals surface area contributed by atoms with E-state index in [1.165, 1.54) is 0 Å². The van der Waals surface area contributed by atoms with Crippen LogP contribution in [0.4, 0.5) is 4.79 Å². The van der Waals surface area contributed by atoms with Crippen LogP contribution in [0.3, 0.4) is 0 Å². The van der Waals surface area contributed by atoms with E-state index in [1.54, 1.807) is 11.1 Å². The molecule has 5 rings (SSSR count). The Labute approximate surface area is 190 Å². The van der Waals surface area contributed by atoms with Gasteiger partial charge in [0.2, 0.25) is 0 Å². The van der Waals surface area contributed by atoms with Crippen molar-refractivity contribution in [2.45, 2.75) is 32.4 Å². The van der Waals surface area contributed by atoms with Crippen LogP contribution in [-0.4, -0.2) is 60.2 Å². The Bertz CT molecular complexity index is 1370. The number of likely N-dealkylation sites (tertiary alicyclic amines) is 1. The number of amides is 2. The summed E-state index contributed by atoms with van der Waals surface area (Å²) in [5, 5.41) is 12.6. The first-order valence-electron chi connectivity index (χ1n) is 11.2. The van der Waals surface area contributed by atoms with Gasteiger partial charge < -0.3 is 24.5 Å². The standard InChI is InChI=1S/C24H26N6O3/c1-3-30-20(13-15-6-4-10-25-21(15)30)22-27-18-12-16(8-9-19(18)28(22)2)23(31)29-11-5-7-17(14-29)26-24(32)33/h4,6,8-10,12-13,17,26H,3,5,7,11,14H2,1-2H3,(H,32,33). The SMILES string of the molecule is CCn1c(-c2nc3cc(C(=O)N4CCCC(NC(=O)O)C4)ccc3n2C)cc2cccnc21. The van der Waals surface area contributed by atoms with Crippen molar-refractivity contribution in [2.24, 2.45) is 7.05 Å². The van der Waals surface area contributed by atoms with Gasteiger partial charge >= 0.3 is 6.09 Å². The lowest BCUT2D eigenvalue weighted by Crippen LogP contribution is -2.49. The maximum absolute atomic E-state index is 13.2. The monoisotopic (exact) mass is 446 g/mol. The van der Waals surface area contributed by atoms with E-state index in [1.807, 2.05) is 41.9 Å². The van der Waals surface area contributed by atoms with Crippen LogP contribution in [-0.2, 0) is 13.6 Å². The summed E-state index contributed by atoms with van der Waals surface area (Å²) in [6, 6.07) is 11.4. The number of fused-ring (bicyclic) bond motifs is 2. The Morgan fingerprint density at radius 2 is 2.09 bits per heavy atom. The molecule has 33 heavy (non-hydrogen) atoms. The number of imidazole rings is 1. The normalized spacial score (nSPS) is 16.4. The Hall–Kier alpha value is -3.88. The van der Waals surface area contributed by atoms with Crippen molar-refractivity contribution >= 4 is 34.1 Å². The molecule has 0 aliphatic carbocycles. The molecule has 0 radical (unpaired) electrons. The van der Waals surface area contributed by atoms with E-state index >= 15 is 0 Å². The number of carbonyl (C=O) groups is 2. The predicted octanol–water partition coefficient (Wildman–Crippen LogP) is 3.48. The van der Waals surface area contributed by atoms with Crippen LogP contribution in [0.25, 0.3) is 33.6 Å². The third-order valence-electron chi connectivity index (χ3n) is 6.36.